The number of pyridine rings is 1. The monoisotopic (exact) mass is 248 g/mol. The molecule has 0 aliphatic rings. The fraction of sp³-hybridized carbons (Fsp3) is 0.385. The van der Waals surface area contributed by atoms with Crippen LogP contribution in [0.4, 0.5) is 0 Å². The number of hydrogen-bond donors (Lipinski definition) is 2. The maximum absolute atomic E-state index is 11.8. The first kappa shape index (κ1) is 14.2. The standard InChI is InChI=1S/C13H16N2O3/c1-15(7-9-17)13(18)12-6-5-11(10-14-12)4-2-3-8-16/h5-6,10,16-17H,3,7-9H2,1H3. The van der Waals surface area contributed by atoms with E-state index in [9.17, 15) is 4.79 Å². The highest BCUT2D eigenvalue weighted by atomic mass is 16.3. The van der Waals surface area contributed by atoms with E-state index in [-0.39, 0.29) is 25.7 Å². The topological polar surface area (TPSA) is 73.7 Å². The van der Waals surface area contributed by atoms with Crippen LogP contribution in [0.1, 0.15) is 22.5 Å². The van der Waals surface area contributed by atoms with Gasteiger partial charge >= 0.3 is 0 Å². The number of hydrogen-bond acceptors (Lipinski definition) is 4. The van der Waals surface area contributed by atoms with Gasteiger partial charge in [0.1, 0.15) is 5.69 Å². The fourth-order valence-corrected chi connectivity index (χ4v) is 1.26. The molecule has 0 fully saturated rings. The molecule has 96 valence electrons. The van der Waals surface area contributed by atoms with Gasteiger partial charge in [0, 0.05) is 31.8 Å². The van der Waals surface area contributed by atoms with Crippen molar-refractivity contribution in [3.63, 3.8) is 0 Å². The summed E-state index contributed by atoms with van der Waals surface area (Å²) in [6, 6.07) is 3.30. The number of likely N-dealkylation sites (N-methyl/N-ethyl adjacent to an activating group) is 1. The highest BCUT2D eigenvalue weighted by Gasteiger charge is 2.11. The number of nitrogens with zero attached hydrogens (tertiary/aromatic N) is 2. The van der Waals surface area contributed by atoms with Gasteiger partial charge in [-0.05, 0) is 12.1 Å². The molecule has 0 aliphatic carbocycles. The third-order valence-electron chi connectivity index (χ3n) is 2.23. The number of aromatic nitrogens is 1. The van der Waals surface area contributed by atoms with Crippen molar-refractivity contribution in [2.75, 3.05) is 26.8 Å². The molecule has 0 aliphatic heterocycles. The summed E-state index contributed by atoms with van der Waals surface area (Å²) in [7, 11) is 1.61. The van der Waals surface area contributed by atoms with Gasteiger partial charge in [-0.1, -0.05) is 11.8 Å². The number of aliphatic hydroxyl groups is 2. The summed E-state index contributed by atoms with van der Waals surface area (Å²) in [5.74, 6) is 5.37. The number of aliphatic hydroxyl groups excluding tert-OH is 2. The van der Waals surface area contributed by atoms with Gasteiger partial charge in [-0.25, -0.2) is 4.98 Å². The lowest BCUT2D eigenvalue weighted by atomic mass is 10.2. The molecule has 2 N–H and O–H groups in total. The van der Waals surface area contributed by atoms with Gasteiger partial charge in [-0.2, -0.15) is 0 Å². The van der Waals surface area contributed by atoms with E-state index in [2.05, 4.69) is 16.8 Å². The average molecular weight is 248 g/mol. The second-order valence-electron chi connectivity index (χ2n) is 3.66. The van der Waals surface area contributed by atoms with Crippen LogP contribution in [0.25, 0.3) is 0 Å². The van der Waals surface area contributed by atoms with Crippen LogP contribution in [-0.2, 0) is 0 Å². The first-order valence-corrected chi connectivity index (χ1v) is 5.61. The van der Waals surface area contributed by atoms with Crippen LogP contribution >= 0.6 is 0 Å². The molecule has 1 rings (SSSR count). The van der Waals surface area contributed by atoms with Crippen molar-refractivity contribution >= 4 is 5.91 Å². The van der Waals surface area contributed by atoms with E-state index in [1.54, 1.807) is 19.2 Å². The second kappa shape index (κ2) is 7.43. The zero-order valence-corrected chi connectivity index (χ0v) is 10.3. The molecule has 0 radical (unpaired) electrons. The van der Waals surface area contributed by atoms with Gasteiger partial charge in [0.25, 0.3) is 5.91 Å². The number of amides is 1. The van der Waals surface area contributed by atoms with Crippen LogP contribution in [0, 0.1) is 11.8 Å². The average Bonchev–Trinajstić information content (AvgIpc) is 2.39. The molecule has 1 aromatic heterocycles. The van der Waals surface area contributed by atoms with Gasteiger partial charge < -0.3 is 15.1 Å². The Morgan fingerprint density at radius 2 is 2.17 bits per heavy atom. The number of rotatable bonds is 4. The summed E-state index contributed by atoms with van der Waals surface area (Å²) in [5.41, 5.74) is 1.02. The number of carbonyl (C=O) groups is 1. The van der Waals surface area contributed by atoms with Crippen LogP contribution in [0.3, 0.4) is 0 Å². The molecule has 0 saturated heterocycles. The lowest BCUT2D eigenvalue weighted by Crippen LogP contribution is -2.30. The van der Waals surface area contributed by atoms with Gasteiger partial charge in [-0.3, -0.25) is 4.79 Å². The molecule has 0 atom stereocenters. The van der Waals surface area contributed by atoms with Crippen LogP contribution in [-0.4, -0.2) is 52.8 Å². The van der Waals surface area contributed by atoms with E-state index in [1.807, 2.05) is 0 Å². The molecule has 0 unspecified atom stereocenters. The minimum atomic E-state index is -0.237. The molecule has 0 bridgehead atoms. The van der Waals surface area contributed by atoms with Crippen LogP contribution < -0.4 is 0 Å². The van der Waals surface area contributed by atoms with E-state index >= 15 is 0 Å². The van der Waals surface area contributed by atoms with Crippen LogP contribution in [0.5, 0.6) is 0 Å². The highest BCUT2D eigenvalue weighted by molar-refractivity contribution is 5.92. The summed E-state index contributed by atoms with van der Waals surface area (Å²) in [4.78, 5) is 17.2. The summed E-state index contributed by atoms with van der Waals surface area (Å²) in [6.07, 6.45) is 1.93. The Labute approximate surface area is 106 Å². The minimum absolute atomic E-state index is 0.0307. The van der Waals surface area contributed by atoms with E-state index < -0.39 is 0 Å². The van der Waals surface area contributed by atoms with Crippen molar-refractivity contribution in [3.05, 3.63) is 29.6 Å². The Balaban J connectivity index is 2.71. The third-order valence-corrected chi connectivity index (χ3v) is 2.23. The van der Waals surface area contributed by atoms with Gasteiger partial charge in [0.2, 0.25) is 0 Å². The second-order valence-corrected chi connectivity index (χ2v) is 3.66. The van der Waals surface area contributed by atoms with Gasteiger partial charge in [0.05, 0.1) is 13.2 Å². The zero-order chi connectivity index (χ0) is 13.4. The van der Waals surface area contributed by atoms with E-state index in [0.717, 1.165) is 0 Å². The maximum atomic E-state index is 11.8. The molecule has 0 saturated carbocycles. The molecule has 5 heteroatoms. The van der Waals surface area contributed by atoms with Crippen LogP contribution in [0.2, 0.25) is 0 Å². The zero-order valence-electron chi connectivity index (χ0n) is 10.3. The summed E-state index contributed by atoms with van der Waals surface area (Å²) in [6.45, 7) is 0.231. The van der Waals surface area contributed by atoms with Crippen molar-refractivity contribution in [1.82, 2.24) is 9.88 Å². The molecular weight excluding hydrogens is 232 g/mol. The molecule has 1 amide bonds. The summed E-state index contributed by atoms with van der Waals surface area (Å²) in [5, 5.41) is 17.3. The molecule has 5 nitrogen and oxygen atoms in total. The van der Waals surface area contributed by atoms with Crippen molar-refractivity contribution in [1.29, 1.82) is 0 Å². The van der Waals surface area contributed by atoms with Gasteiger partial charge in [-0.15, -0.1) is 0 Å². The normalized spacial score (nSPS) is 9.50. The van der Waals surface area contributed by atoms with E-state index in [0.29, 0.717) is 17.7 Å². The van der Waals surface area contributed by atoms with Crippen molar-refractivity contribution in [3.8, 4) is 11.8 Å². The largest absolute Gasteiger partial charge is 0.395 e. The van der Waals surface area contributed by atoms with Gasteiger partial charge in [0.15, 0.2) is 0 Å². The molecule has 1 aromatic rings. The smallest absolute Gasteiger partial charge is 0.272 e. The van der Waals surface area contributed by atoms with E-state index in [4.69, 9.17) is 10.2 Å². The number of carbonyl (C=O) groups excluding carboxylic acids is 1. The quantitative estimate of drug-likeness (QED) is 0.729. The lowest BCUT2D eigenvalue weighted by Gasteiger charge is -2.14. The highest BCUT2D eigenvalue weighted by Crippen LogP contribution is 2.02. The van der Waals surface area contributed by atoms with Crippen LogP contribution in [0.15, 0.2) is 18.3 Å². The van der Waals surface area contributed by atoms with E-state index in [1.165, 1.54) is 11.1 Å². The van der Waals surface area contributed by atoms with Crippen molar-refractivity contribution < 1.29 is 15.0 Å². The molecular formula is C13H16N2O3. The fourth-order valence-electron chi connectivity index (χ4n) is 1.26. The Morgan fingerprint density at radius 1 is 1.39 bits per heavy atom. The summed E-state index contributed by atoms with van der Waals surface area (Å²) < 4.78 is 0. The molecule has 18 heavy (non-hydrogen) atoms. The SMILES string of the molecule is CN(CCO)C(=O)c1ccc(C#CCCO)cn1. The summed E-state index contributed by atoms with van der Waals surface area (Å²) >= 11 is 0. The Kier molecular flexibility index (Phi) is 5.85. The molecule has 1 heterocycles. The Bertz CT molecular complexity index is 446. The van der Waals surface area contributed by atoms with Crippen molar-refractivity contribution in [2.24, 2.45) is 0 Å². The maximum Gasteiger partial charge on any atom is 0.272 e. The predicted molar refractivity (Wildman–Crippen MR) is 66.9 cm³/mol. The third kappa shape index (κ3) is 4.17. The first-order valence-electron chi connectivity index (χ1n) is 5.61. The molecule has 0 spiro atoms. The minimum Gasteiger partial charge on any atom is -0.395 e. The Morgan fingerprint density at radius 3 is 2.72 bits per heavy atom. The van der Waals surface area contributed by atoms with Crippen molar-refractivity contribution in [2.45, 2.75) is 6.42 Å². The Hall–Kier alpha value is -1.90. The molecule has 0 aromatic carbocycles. The predicted octanol–water partition coefficient (Wildman–Crippen LogP) is -0.120. The lowest BCUT2D eigenvalue weighted by molar-refractivity contribution is 0.0761. The first-order chi connectivity index (χ1) is 8.69.